The second-order valence-electron chi connectivity index (χ2n) is 7.55. The number of piperazine rings is 1. The fraction of sp³-hybridized carbons (Fsp3) is 0.375. The van der Waals surface area contributed by atoms with Crippen molar-refractivity contribution in [2.45, 2.75) is 0 Å². The van der Waals surface area contributed by atoms with Gasteiger partial charge in [-0.25, -0.2) is 0 Å². The second kappa shape index (κ2) is 10.8. The van der Waals surface area contributed by atoms with Gasteiger partial charge in [0.15, 0.2) is 0 Å². The van der Waals surface area contributed by atoms with Crippen LogP contribution in [0.5, 0.6) is 5.75 Å². The average Bonchev–Trinajstić information content (AvgIpc) is 2.75. The number of nitrogens with zero attached hydrogens (tertiary/aromatic N) is 3. The van der Waals surface area contributed by atoms with Gasteiger partial charge in [0.05, 0.1) is 5.56 Å². The first kappa shape index (κ1) is 21.1. The summed E-state index contributed by atoms with van der Waals surface area (Å²) >= 11 is 0. The molecule has 1 amide bonds. The van der Waals surface area contributed by atoms with Crippen molar-refractivity contribution in [2.24, 2.45) is 0 Å². The molecule has 1 heterocycles. The highest BCUT2D eigenvalue weighted by Gasteiger charge is 2.23. The Kier molecular flexibility index (Phi) is 7.85. The zero-order valence-corrected chi connectivity index (χ0v) is 17.5. The summed E-state index contributed by atoms with van der Waals surface area (Å²) in [4.78, 5) is 19.4. The number of amides is 1. The van der Waals surface area contributed by atoms with Gasteiger partial charge in [-0.3, -0.25) is 9.69 Å². The maximum atomic E-state index is 13.0. The van der Waals surface area contributed by atoms with Crippen LogP contribution in [-0.2, 0) is 0 Å². The van der Waals surface area contributed by atoms with Gasteiger partial charge in [0.25, 0.3) is 5.91 Å². The number of carbonyl (C=O) groups excluding carboxylic acids is 1. The van der Waals surface area contributed by atoms with Gasteiger partial charge < -0.3 is 14.5 Å². The van der Waals surface area contributed by atoms with Crippen molar-refractivity contribution >= 4 is 12.0 Å². The van der Waals surface area contributed by atoms with Crippen LogP contribution in [0.15, 0.2) is 60.7 Å². The Hall–Kier alpha value is -2.63. The molecular weight excluding hydrogens is 362 g/mol. The molecule has 0 bridgehead atoms. The minimum Gasteiger partial charge on any atom is -0.491 e. The molecule has 0 saturated carbocycles. The van der Waals surface area contributed by atoms with Crippen molar-refractivity contribution in [3.05, 3.63) is 71.8 Å². The summed E-state index contributed by atoms with van der Waals surface area (Å²) in [5, 5.41) is 0. The predicted octanol–water partition coefficient (Wildman–Crippen LogP) is 3.10. The normalized spacial score (nSPS) is 15.2. The number of benzene rings is 2. The molecule has 2 aromatic rings. The van der Waals surface area contributed by atoms with E-state index in [2.05, 4.69) is 34.1 Å². The average molecular weight is 394 g/mol. The Morgan fingerprint density at radius 3 is 2.41 bits per heavy atom. The van der Waals surface area contributed by atoms with Crippen LogP contribution < -0.4 is 4.74 Å². The van der Waals surface area contributed by atoms with E-state index < -0.39 is 0 Å². The maximum Gasteiger partial charge on any atom is 0.257 e. The standard InChI is InChI=1S/C24H31N3O2/c1-25(2)19-20-29-23-13-7-6-12-22(23)24(28)27-17-15-26(16-18-27)14-8-11-21-9-4-3-5-10-21/h3-13H,14-20H2,1-2H3/b11-8+. The summed E-state index contributed by atoms with van der Waals surface area (Å²) in [5.74, 6) is 0.734. The Bertz CT molecular complexity index is 797. The summed E-state index contributed by atoms with van der Waals surface area (Å²) in [5.41, 5.74) is 1.87. The van der Waals surface area contributed by atoms with Crippen molar-refractivity contribution in [1.29, 1.82) is 0 Å². The van der Waals surface area contributed by atoms with Gasteiger partial charge in [-0.15, -0.1) is 0 Å². The number of hydrogen-bond donors (Lipinski definition) is 0. The van der Waals surface area contributed by atoms with Crippen molar-refractivity contribution < 1.29 is 9.53 Å². The zero-order chi connectivity index (χ0) is 20.5. The molecule has 5 heteroatoms. The third kappa shape index (κ3) is 6.44. The third-order valence-corrected chi connectivity index (χ3v) is 5.05. The molecule has 1 aliphatic heterocycles. The van der Waals surface area contributed by atoms with E-state index in [1.165, 1.54) is 5.56 Å². The minimum absolute atomic E-state index is 0.0601. The Balaban J connectivity index is 1.50. The van der Waals surface area contributed by atoms with Crippen molar-refractivity contribution in [3.8, 4) is 5.75 Å². The molecule has 0 aliphatic carbocycles. The summed E-state index contributed by atoms with van der Waals surface area (Å²) in [7, 11) is 4.02. The molecule has 0 N–H and O–H groups in total. The molecule has 0 spiro atoms. The van der Waals surface area contributed by atoms with E-state index >= 15 is 0 Å². The van der Waals surface area contributed by atoms with Gasteiger partial charge in [0, 0.05) is 39.3 Å². The highest BCUT2D eigenvalue weighted by molar-refractivity contribution is 5.97. The molecule has 3 rings (SSSR count). The summed E-state index contributed by atoms with van der Waals surface area (Å²) < 4.78 is 5.87. The minimum atomic E-state index is 0.0601. The van der Waals surface area contributed by atoms with Crippen LogP contribution in [0.2, 0.25) is 0 Å². The number of carbonyl (C=O) groups is 1. The zero-order valence-electron chi connectivity index (χ0n) is 17.5. The molecule has 0 unspecified atom stereocenters. The lowest BCUT2D eigenvalue weighted by atomic mass is 10.1. The highest BCUT2D eigenvalue weighted by atomic mass is 16.5. The van der Waals surface area contributed by atoms with Gasteiger partial charge in [0.2, 0.25) is 0 Å². The maximum absolute atomic E-state index is 13.0. The Labute approximate surface area is 174 Å². The summed E-state index contributed by atoms with van der Waals surface area (Å²) in [6, 6.07) is 17.9. The first-order valence-corrected chi connectivity index (χ1v) is 10.2. The predicted molar refractivity (Wildman–Crippen MR) is 118 cm³/mol. The van der Waals surface area contributed by atoms with Crippen LogP contribution in [0.25, 0.3) is 6.08 Å². The van der Waals surface area contributed by atoms with Crippen LogP contribution in [0.4, 0.5) is 0 Å². The SMILES string of the molecule is CN(C)CCOc1ccccc1C(=O)N1CCN(C/C=C/c2ccccc2)CC1. The first-order valence-electron chi connectivity index (χ1n) is 10.2. The van der Waals surface area contributed by atoms with Gasteiger partial charge in [-0.2, -0.15) is 0 Å². The van der Waals surface area contributed by atoms with Crippen LogP contribution in [-0.4, -0.2) is 80.6 Å². The van der Waals surface area contributed by atoms with Crippen LogP contribution in [0.3, 0.4) is 0 Å². The summed E-state index contributed by atoms with van der Waals surface area (Å²) in [6.45, 7) is 5.54. The van der Waals surface area contributed by atoms with Crippen molar-refractivity contribution in [2.75, 3.05) is 60.0 Å². The van der Waals surface area contributed by atoms with Crippen molar-refractivity contribution in [3.63, 3.8) is 0 Å². The fourth-order valence-corrected chi connectivity index (χ4v) is 3.31. The lowest BCUT2D eigenvalue weighted by molar-refractivity contribution is 0.0646. The molecule has 1 aliphatic rings. The van der Waals surface area contributed by atoms with E-state index in [1.807, 2.05) is 61.5 Å². The number of ether oxygens (including phenoxy) is 1. The molecule has 154 valence electrons. The quantitative estimate of drug-likeness (QED) is 0.691. The largest absolute Gasteiger partial charge is 0.491 e. The number of rotatable bonds is 8. The number of likely N-dealkylation sites (N-methyl/N-ethyl adjacent to an activating group) is 1. The van der Waals surface area contributed by atoms with E-state index in [0.717, 1.165) is 39.3 Å². The molecule has 29 heavy (non-hydrogen) atoms. The Morgan fingerprint density at radius 1 is 1.00 bits per heavy atom. The molecule has 0 radical (unpaired) electrons. The molecule has 1 fully saturated rings. The van der Waals surface area contributed by atoms with Crippen LogP contribution in [0, 0.1) is 0 Å². The molecule has 1 saturated heterocycles. The lowest BCUT2D eigenvalue weighted by Crippen LogP contribution is -2.48. The molecule has 5 nitrogen and oxygen atoms in total. The van der Waals surface area contributed by atoms with Crippen LogP contribution in [0.1, 0.15) is 15.9 Å². The molecule has 2 aromatic carbocycles. The van der Waals surface area contributed by atoms with Gasteiger partial charge in [-0.1, -0.05) is 54.6 Å². The monoisotopic (exact) mass is 393 g/mol. The second-order valence-corrected chi connectivity index (χ2v) is 7.55. The van der Waals surface area contributed by atoms with E-state index in [4.69, 9.17) is 4.74 Å². The summed E-state index contributed by atoms with van der Waals surface area (Å²) in [6.07, 6.45) is 4.35. The van der Waals surface area contributed by atoms with Gasteiger partial charge in [-0.05, 0) is 31.8 Å². The Morgan fingerprint density at radius 2 is 1.69 bits per heavy atom. The molecule has 0 atom stereocenters. The van der Waals surface area contributed by atoms with E-state index in [1.54, 1.807) is 0 Å². The smallest absolute Gasteiger partial charge is 0.257 e. The van der Waals surface area contributed by atoms with Crippen molar-refractivity contribution in [1.82, 2.24) is 14.7 Å². The topological polar surface area (TPSA) is 36.0 Å². The van der Waals surface area contributed by atoms with E-state index in [0.29, 0.717) is 17.9 Å². The van der Waals surface area contributed by atoms with Gasteiger partial charge in [0.1, 0.15) is 12.4 Å². The molecule has 0 aromatic heterocycles. The molecular formula is C24H31N3O2. The van der Waals surface area contributed by atoms with E-state index in [9.17, 15) is 4.79 Å². The highest BCUT2D eigenvalue weighted by Crippen LogP contribution is 2.21. The third-order valence-electron chi connectivity index (χ3n) is 5.05. The van der Waals surface area contributed by atoms with Gasteiger partial charge >= 0.3 is 0 Å². The lowest BCUT2D eigenvalue weighted by Gasteiger charge is -2.34. The van der Waals surface area contributed by atoms with Crippen LogP contribution >= 0.6 is 0 Å². The number of hydrogen-bond acceptors (Lipinski definition) is 4. The van der Waals surface area contributed by atoms with E-state index in [-0.39, 0.29) is 5.91 Å². The number of para-hydroxylation sites is 1. The first-order chi connectivity index (χ1) is 14.1. The fourth-order valence-electron chi connectivity index (χ4n) is 3.31.